The molecule has 2 nitrogen and oxygen atoms in total. The zero-order valence-electron chi connectivity index (χ0n) is 12.7. The molecule has 20 heavy (non-hydrogen) atoms. The van der Waals surface area contributed by atoms with Gasteiger partial charge in [-0.15, -0.1) is 0 Å². The van der Waals surface area contributed by atoms with Crippen molar-refractivity contribution in [3.8, 4) is 11.3 Å². The third-order valence-electron chi connectivity index (χ3n) is 4.98. The highest BCUT2D eigenvalue weighted by Crippen LogP contribution is 2.62. The number of aromatic amines is 1. The molecule has 104 valence electrons. The van der Waals surface area contributed by atoms with Crippen LogP contribution in [0.25, 0.3) is 11.3 Å². The molecule has 1 spiro atoms. The molecule has 0 bridgehead atoms. The van der Waals surface area contributed by atoms with E-state index in [4.69, 9.17) is 4.98 Å². The Bertz CT molecular complexity index is 687. The lowest BCUT2D eigenvalue weighted by molar-refractivity contribution is 0.764. The summed E-state index contributed by atoms with van der Waals surface area (Å²) < 4.78 is 0. The standard InChI is InChI=1S/C18H22N2/c1-10(2)12-5-6-13-14(9-12)18(7-8-18)16-15(13)19-17(20-16)11(3)4/h5-6,9-11H,7-8H2,1-4H3,(H,19,20). The number of benzene rings is 1. The molecule has 1 saturated carbocycles. The minimum atomic E-state index is 0.274. The average Bonchev–Trinajstić information content (AvgIpc) is 3.02. The van der Waals surface area contributed by atoms with Crippen molar-refractivity contribution in [3.63, 3.8) is 0 Å². The highest BCUT2D eigenvalue weighted by Gasteiger charge is 2.54. The normalized spacial score (nSPS) is 17.9. The highest BCUT2D eigenvalue weighted by molar-refractivity contribution is 5.79. The number of nitrogens with one attached hydrogen (secondary N) is 1. The highest BCUT2D eigenvalue weighted by atomic mass is 15.0. The first-order valence-electron chi connectivity index (χ1n) is 7.78. The lowest BCUT2D eigenvalue weighted by atomic mass is 9.92. The van der Waals surface area contributed by atoms with Crippen LogP contribution in [0.2, 0.25) is 0 Å². The van der Waals surface area contributed by atoms with Gasteiger partial charge in [0.15, 0.2) is 0 Å². The van der Waals surface area contributed by atoms with E-state index in [-0.39, 0.29) is 5.41 Å². The molecular weight excluding hydrogens is 244 g/mol. The molecule has 1 fully saturated rings. The van der Waals surface area contributed by atoms with Crippen molar-refractivity contribution in [2.45, 2.75) is 57.8 Å². The molecule has 4 rings (SSSR count). The first-order chi connectivity index (χ1) is 9.53. The summed E-state index contributed by atoms with van der Waals surface area (Å²) in [7, 11) is 0. The van der Waals surface area contributed by atoms with Gasteiger partial charge in [-0.1, -0.05) is 45.9 Å². The van der Waals surface area contributed by atoms with E-state index in [1.54, 1.807) is 0 Å². The summed E-state index contributed by atoms with van der Waals surface area (Å²) in [6, 6.07) is 7.00. The van der Waals surface area contributed by atoms with Crippen molar-refractivity contribution in [3.05, 3.63) is 40.8 Å². The summed E-state index contributed by atoms with van der Waals surface area (Å²) in [6.07, 6.45) is 2.54. The van der Waals surface area contributed by atoms with E-state index in [0.29, 0.717) is 11.8 Å². The molecule has 2 aromatic rings. The predicted octanol–water partition coefficient (Wildman–Crippen LogP) is 4.72. The molecule has 0 saturated heterocycles. The Kier molecular flexibility index (Phi) is 2.28. The molecule has 1 aromatic carbocycles. The summed E-state index contributed by atoms with van der Waals surface area (Å²) >= 11 is 0. The van der Waals surface area contributed by atoms with Gasteiger partial charge in [0.25, 0.3) is 0 Å². The number of fused-ring (bicyclic) bond motifs is 5. The van der Waals surface area contributed by atoms with Gasteiger partial charge in [-0.25, -0.2) is 4.98 Å². The summed E-state index contributed by atoms with van der Waals surface area (Å²) in [5.74, 6) is 2.20. The third-order valence-corrected chi connectivity index (χ3v) is 4.98. The van der Waals surface area contributed by atoms with Crippen molar-refractivity contribution >= 4 is 0 Å². The lowest BCUT2D eigenvalue weighted by Gasteiger charge is -2.13. The fraction of sp³-hybridized carbons (Fsp3) is 0.500. The van der Waals surface area contributed by atoms with Gasteiger partial charge in [0.2, 0.25) is 0 Å². The quantitative estimate of drug-likeness (QED) is 0.837. The zero-order chi connectivity index (χ0) is 14.1. The number of aromatic nitrogens is 2. The van der Waals surface area contributed by atoms with Gasteiger partial charge in [-0.2, -0.15) is 0 Å². The van der Waals surface area contributed by atoms with Gasteiger partial charge in [0.1, 0.15) is 5.82 Å². The fourth-order valence-corrected chi connectivity index (χ4v) is 3.51. The monoisotopic (exact) mass is 266 g/mol. The van der Waals surface area contributed by atoms with E-state index in [0.717, 1.165) is 5.82 Å². The van der Waals surface area contributed by atoms with E-state index in [2.05, 4.69) is 50.9 Å². The Morgan fingerprint density at radius 3 is 2.45 bits per heavy atom. The zero-order valence-corrected chi connectivity index (χ0v) is 12.7. The maximum absolute atomic E-state index is 4.89. The van der Waals surface area contributed by atoms with Crippen LogP contribution < -0.4 is 0 Å². The lowest BCUT2D eigenvalue weighted by Crippen LogP contribution is -2.06. The minimum absolute atomic E-state index is 0.274. The topological polar surface area (TPSA) is 28.7 Å². The number of rotatable bonds is 2. The van der Waals surface area contributed by atoms with Gasteiger partial charge in [0.05, 0.1) is 11.4 Å². The summed E-state index contributed by atoms with van der Waals surface area (Å²) in [4.78, 5) is 8.52. The van der Waals surface area contributed by atoms with Crippen LogP contribution >= 0.6 is 0 Å². The van der Waals surface area contributed by atoms with E-state index in [1.807, 2.05) is 0 Å². The van der Waals surface area contributed by atoms with E-state index in [1.165, 1.54) is 40.9 Å². The van der Waals surface area contributed by atoms with E-state index >= 15 is 0 Å². The van der Waals surface area contributed by atoms with Crippen LogP contribution in [0.15, 0.2) is 18.2 Å². The van der Waals surface area contributed by atoms with E-state index in [9.17, 15) is 0 Å². The van der Waals surface area contributed by atoms with Crippen molar-refractivity contribution in [1.29, 1.82) is 0 Å². The van der Waals surface area contributed by atoms with Gasteiger partial charge in [-0.3, -0.25) is 0 Å². The Labute approximate surface area is 120 Å². The minimum Gasteiger partial charge on any atom is -0.344 e. The third kappa shape index (κ3) is 1.42. The molecule has 0 radical (unpaired) electrons. The average molecular weight is 266 g/mol. The van der Waals surface area contributed by atoms with Crippen molar-refractivity contribution in [1.82, 2.24) is 9.97 Å². The summed E-state index contributed by atoms with van der Waals surface area (Å²) in [5.41, 5.74) is 7.21. The number of hydrogen-bond donors (Lipinski definition) is 1. The molecule has 1 aromatic heterocycles. The second-order valence-corrected chi connectivity index (χ2v) is 7.04. The second-order valence-electron chi connectivity index (χ2n) is 7.04. The molecule has 0 amide bonds. The first-order valence-corrected chi connectivity index (χ1v) is 7.78. The van der Waals surface area contributed by atoms with Crippen LogP contribution in [0.3, 0.4) is 0 Å². The molecule has 2 aliphatic carbocycles. The van der Waals surface area contributed by atoms with Crippen LogP contribution in [0.1, 0.15) is 75.0 Å². The predicted molar refractivity (Wildman–Crippen MR) is 82.2 cm³/mol. The SMILES string of the molecule is CC(C)c1ccc2c(c1)C1(CC1)c1[nH]c(C(C)C)nc1-2. The number of hydrogen-bond acceptors (Lipinski definition) is 1. The molecule has 0 unspecified atom stereocenters. The second kappa shape index (κ2) is 3.75. The van der Waals surface area contributed by atoms with Gasteiger partial charge in [0, 0.05) is 16.9 Å². The molecule has 0 aliphatic heterocycles. The van der Waals surface area contributed by atoms with Crippen LogP contribution in [-0.4, -0.2) is 9.97 Å². The fourth-order valence-electron chi connectivity index (χ4n) is 3.51. The maximum Gasteiger partial charge on any atom is 0.109 e. The van der Waals surface area contributed by atoms with Gasteiger partial charge in [-0.05, 0) is 29.9 Å². The molecular formula is C18H22N2. The van der Waals surface area contributed by atoms with Gasteiger partial charge < -0.3 is 4.98 Å². The number of imidazole rings is 1. The molecule has 2 aliphatic rings. The maximum atomic E-state index is 4.89. The number of H-pyrrole nitrogens is 1. The van der Waals surface area contributed by atoms with Crippen molar-refractivity contribution in [2.75, 3.05) is 0 Å². The van der Waals surface area contributed by atoms with Crippen LogP contribution in [-0.2, 0) is 5.41 Å². The Morgan fingerprint density at radius 1 is 1.10 bits per heavy atom. The van der Waals surface area contributed by atoms with Crippen molar-refractivity contribution < 1.29 is 0 Å². The molecule has 2 heteroatoms. The molecule has 0 atom stereocenters. The first kappa shape index (κ1) is 12.2. The smallest absolute Gasteiger partial charge is 0.109 e. The van der Waals surface area contributed by atoms with Crippen LogP contribution in [0, 0.1) is 0 Å². The largest absolute Gasteiger partial charge is 0.344 e. The Balaban J connectivity index is 1.92. The Morgan fingerprint density at radius 2 is 1.85 bits per heavy atom. The molecule has 1 N–H and O–H groups in total. The van der Waals surface area contributed by atoms with Crippen molar-refractivity contribution in [2.24, 2.45) is 0 Å². The summed E-state index contributed by atoms with van der Waals surface area (Å²) in [6.45, 7) is 8.95. The Hall–Kier alpha value is -1.57. The summed E-state index contributed by atoms with van der Waals surface area (Å²) in [5, 5.41) is 0. The van der Waals surface area contributed by atoms with Crippen LogP contribution in [0.5, 0.6) is 0 Å². The van der Waals surface area contributed by atoms with E-state index < -0.39 is 0 Å². The van der Waals surface area contributed by atoms with Crippen LogP contribution in [0.4, 0.5) is 0 Å². The van der Waals surface area contributed by atoms with Gasteiger partial charge >= 0.3 is 0 Å². The number of nitrogens with zero attached hydrogens (tertiary/aromatic N) is 1. The molecule has 1 heterocycles.